The third-order valence-electron chi connectivity index (χ3n) is 5.39. The van der Waals surface area contributed by atoms with Gasteiger partial charge in [0, 0.05) is 11.6 Å². The maximum Gasteiger partial charge on any atom is 0.419 e. The van der Waals surface area contributed by atoms with Crippen LogP contribution in [0.3, 0.4) is 0 Å². The number of rotatable bonds is 7. The number of benzene rings is 2. The van der Waals surface area contributed by atoms with Crippen molar-refractivity contribution in [2.75, 3.05) is 13.7 Å². The largest absolute Gasteiger partial charge is 0.497 e. The lowest BCUT2D eigenvalue weighted by atomic mass is 9.85. The van der Waals surface area contributed by atoms with Crippen LogP contribution in [-0.2, 0) is 15.7 Å². The number of carbonyl (C=O) groups excluding carboxylic acids is 2. The molecule has 2 aromatic rings. The molecule has 1 amide bonds. The predicted octanol–water partition coefficient (Wildman–Crippen LogP) is 4.87. The van der Waals surface area contributed by atoms with Crippen molar-refractivity contribution in [2.45, 2.75) is 31.5 Å². The maximum atomic E-state index is 13.5. The number of hydrogen-bond acceptors (Lipinski definition) is 4. The monoisotopic (exact) mass is 465 g/mol. The summed E-state index contributed by atoms with van der Waals surface area (Å²) in [6.07, 6.45) is -1.12. The highest BCUT2D eigenvalue weighted by Gasteiger charge is 2.36. The molecule has 3 atom stereocenters. The van der Waals surface area contributed by atoms with Crippen LogP contribution in [0.1, 0.15) is 40.7 Å². The summed E-state index contributed by atoms with van der Waals surface area (Å²) in [6, 6.07) is 8.59. The van der Waals surface area contributed by atoms with Crippen LogP contribution in [0.2, 0.25) is 0 Å². The minimum absolute atomic E-state index is 0.196. The van der Waals surface area contributed by atoms with Crippen LogP contribution >= 0.6 is 0 Å². The number of methoxy groups -OCH3 is 1. The molecule has 0 saturated heterocycles. The zero-order valence-electron chi connectivity index (χ0n) is 18.0. The average Bonchev–Trinajstić information content (AvgIpc) is 3.21. The number of alkyl halides is 3. The minimum atomic E-state index is -4.91. The summed E-state index contributed by atoms with van der Waals surface area (Å²) in [5, 5.41) is 2.63. The lowest BCUT2D eigenvalue weighted by Gasteiger charge is -2.23. The van der Waals surface area contributed by atoms with Crippen molar-refractivity contribution in [3.63, 3.8) is 0 Å². The lowest BCUT2D eigenvalue weighted by Crippen LogP contribution is -2.34. The Morgan fingerprint density at radius 2 is 1.91 bits per heavy atom. The van der Waals surface area contributed by atoms with Gasteiger partial charge in [-0.25, -0.2) is 4.39 Å². The summed E-state index contributed by atoms with van der Waals surface area (Å²) in [5.74, 6) is -3.05. The zero-order chi connectivity index (χ0) is 24.2. The van der Waals surface area contributed by atoms with Crippen LogP contribution in [0.25, 0.3) is 0 Å². The number of hydrogen-bond donors (Lipinski definition) is 1. The summed E-state index contributed by atoms with van der Waals surface area (Å²) < 4.78 is 62.9. The fourth-order valence-electron chi connectivity index (χ4n) is 3.84. The molecule has 1 aliphatic carbocycles. The van der Waals surface area contributed by atoms with E-state index in [1.165, 1.54) is 7.11 Å². The van der Waals surface area contributed by atoms with E-state index in [-0.39, 0.29) is 18.1 Å². The molecule has 0 fully saturated rings. The Hall–Kier alpha value is -3.36. The standard InChI is InChI=1S/C24H23F4NO4/c1-3-33-23(31)21(14-5-4-6-18(12-14)32-2)15-7-9-17(11-15)29-22(30)16-8-10-20(25)19(13-16)24(26,27)28/h4-10,12-13,15,17,21H,3,11H2,1-2H3,(H,29,30). The zero-order valence-corrected chi connectivity index (χ0v) is 18.0. The summed E-state index contributed by atoms with van der Waals surface area (Å²) in [5.41, 5.74) is -1.13. The van der Waals surface area contributed by atoms with Gasteiger partial charge in [-0.15, -0.1) is 0 Å². The van der Waals surface area contributed by atoms with Gasteiger partial charge in [0.25, 0.3) is 5.91 Å². The van der Waals surface area contributed by atoms with E-state index in [1.807, 2.05) is 0 Å². The van der Waals surface area contributed by atoms with E-state index in [9.17, 15) is 27.2 Å². The van der Waals surface area contributed by atoms with Crippen molar-refractivity contribution in [2.24, 2.45) is 5.92 Å². The van der Waals surface area contributed by atoms with Crippen molar-refractivity contribution in [3.8, 4) is 5.75 Å². The van der Waals surface area contributed by atoms with E-state index in [1.54, 1.807) is 43.3 Å². The van der Waals surface area contributed by atoms with Gasteiger partial charge in [-0.05, 0) is 55.2 Å². The first-order chi connectivity index (χ1) is 15.6. The van der Waals surface area contributed by atoms with E-state index in [0.717, 1.165) is 6.07 Å². The molecule has 0 spiro atoms. The first kappa shape index (κ1) is 24.3. The molecule has 0 heterocycles. The van der Waals surface area contributed by atoms with Crippen molar-refractivity contribution in [3.05, 3.63) is 77.1 Å². The van der Waals surface area contributed by atoms with Gasteiger partial charge >= 0.3 is 12.1 Å². The lowest BCUT2D eigenvalue weighted by molar-refractivity contribution is -0.146. The van der Waals surface area contributed by atoms with Crippen molar-refractivity contribution >= 4 is 11.9 Å². The second-order valence-electron chi connectivity index (χ2n) is 7.56. The van der Waals surface area contributed by atoms with Crippen molar-refractivity contribution in [1.82, 2.24) is 5.32 Å². The average molecular weight is 465 g/mol. The molecule has 2 aromatic carbocycles. The van der Waals surface area contributed by atoms with Gasteiger partial charge in [0.2, 0.25) is 0 Å². The SMILES string of the molecule is CCOC(=O)C(c1cccc(OC)c1)C1C=CC(NC(=O)c2ccc(F)c(C(F)(F)F)c2)C1. The first-order valence-corrected chi connectivity index (χ1v) is 10.3. The smallest absolute Gasteiger partial charge is 0.419 e. The number of carbonyl (C=O) groups is 2. The van der Waals surface area contributed by atoms with Crippen LogP contribution in [0.15, 0.2) is 54.6 Å². The molecule has 9 heteroatoms. The fourth-order valence-corrected chi connectivity index (χ4v) is 3.84. The molecule has 0 aromatic heterocycles. The number of esters is 1. The fraction of sp³-hybridized carbons (Fsp3) is 0.333. The van der Waals surface area contributed by atoms with Gasteiger partial charge in [0.15, 0.2) is 0 Å². The highest BCUT2D eigenvalue weighted by Crippen LogP contribution is 2.36. The Morgan fingerprint density at radius 3 is 2.58 bits per heavy atom. The Bertz CT molecular complexity index is 1050. The van der Waals surface area contributed by atoms with Gasteiger partial charge in [-0.2, -0.15) is 13.2 Å². The van der Waals surface area contributed by atoms with Crippen LogP contribution in [0.5, 0.6) is 5.75 Å². The van der Waals surface area contributed by atoms with Crippen molar-refractivity contribution < 1.29 is 36.6 Å². The van der Waals surface area contributed by atoms with Crippen LogP contribution in [-0.4, -0.2) is 31.6 Å². The predicted molar refractivity (Wildman–Crippen MR) is 112 cm³/mol. The number of nitrogens with one attached hydrogen (secondary N) is 1. The Morgan fingerprint density at radius 1 is 1.15 bits per heavy atom. The molecule has 3 unspecified atom stereocenters. The molecule has 5 nitrogen and oxygen atoms in total. The van der Waals surface area contributed by atoms with Gasteiger partial charge in [-0.3, -0.25) is 9.59 Å². The highest BCUT2D eigenvalue weighted by molar-refractivity contribution is 5.94. The highest BCUT2D eigenvalue weighted by atomic mass is 19.4. The molecule has 33 heavy (non-hydrogen) atoms. The first-order valence-electron chi connectivity index (χ1n) is 10.3. The molecule has 0 saturated carbocycles. The normalized spacial score (nSPS) is 18.6. The number of amides is 1. The van der Waals surface area contributed by atoms with E-state index < -0.39 is 41.4 Å². The van der Waals surface area contributed by atoms with Gasteiger partial charge in [0.05, 0.1) is 25.2 Å². The molecule has 1 N–H and O–H groups in total. The Kier molecular flexibility index (Phi) is 7.40. The van der Waals surface area contributed by atoms with Crippen LogP contribution < -0.4 is 10.1 Å². The molecule has 0 bridgehead atoms. The van der Waals surface area contributed by atoms with E-state index >= 15 is 0 Å². The topological polar surface area (TPSA) is 64.6 Å². The van der Waals surface area contributed by atoms with E-state index in [4.69, 9.17) is 9.47 Å². The quantitative estimate of drug-likeness (QED) is 0.360. The second-order valence-corrected chi connectivity index (χ2v) is 7.56. The molecule has 176 valence electrons. The number of allylic oxidation sites excluding steroid dienone is 1. The van der Waals surface area contributed by atoms with E-state index in [2.05, 4.69) is 5.32 Å². The minimum Gasteiger partial charge on any atom is -0.497 e. The van der Waals surface area contributed by atoms with Crippen LogP contribution in [0, 0.1) is 11.7 Å². The van der Waals surface area contributed by atoms with Gasteiger partial charge in [-0.1, -0.05) is 24.3 Å². The van der Waals surface area contributed by atoms with Crippen molar-refractivity contribution in [1.29, 1.82) is 0 Å². The molecule has 1 aliphatic rings. The summed E-state index contributed by atoms with van der Waals surface area (Å²) in [7, 11) is 1.51. The third kappa shape index (κ3) is 5.71. The van der Waals surface area contributed by atoms with Crippen LogP contribution in [0.4, 0.5) is 17.6 Å². The molecule has 0 aliphatic heterocycles. The summed E-state index contributed by atoms with van der Waals surface area (Å²) in [4.78, 5) is 25.2. The molecular formula is C24H23F4NO4. The number of ether oxygens (including phenoxy) is 2. The maximum absolute atomic E-state index is 13.5. The number of halogens is 4. The second kappa shape index (κ2) is 10.1. The summed E-state index contributed by atoms with van der Waals surface area (Å²) in [6.45, 7) is 1.90. The Balaban J connectivity index is 1.76. The third-order valence-corrected chi connectivity index (χ3v) is 5.39. The van der Waals surface area contributed by atoms with Gasteiger partial charge < -0.3 is 14.8 Å². The van der Waals surface area contributed by atoms with Gasteiger partial charge in [0.1, 0.15) is 11.6 Å². The Labute approximate surface area is 188 Å². The molecule has 3 rings (SSSR count). The molecule has 0 radical (unpaired) electrons. The summed E-state index contributed by atoms with van der Waals surface area (Å²) >= 11 is 0. The van der Waals surface area contributed by atoms with E-state index in [0.29, 0.717) is 29.9 Å². The molecular weight excluding hydrogens is 442 g/mol.